The Labute approximate surface area is 164 Å². The van der Waals surface area contributed by atoms with Gasteiger partial charge in [0.2, 0.25) is 0 Å². The maximum absolute atomic E-state index is 13.7. The van der Waals surface area contributed by atoms with Crippen molar-refractivity contribution in [1.29, 1.82) is 0 Å². The van der Waals surface area contributed by atoms with Gasteiger partial charge in [0.05, 0.1) is 5.69 Å². The van der Waals surface area contributed by atoms with E-state index >= 15 is 0 Å². The molecule has 0 aliphatic heterocycles. The third-order valence-corrected chi connectivity index (χ3v) is 4.30. The van der Waals surface area contributed by atoms with E-state index in [1.54, 1.807) is 12.1 Å². The predicted molar refractivity (Wildman–Crippen MR) is 102 cm³/mol. The summed E-state index contributed by atoms with van der Waals surface area (Å²) in [4.78, 5) is 24.0. The number of fused-ring (bicyclic) bond motifs is 1. The zero-order valence-corrected chi connectivity index (χ0v) is 15.7. The number of carbonyl (C=O) groups excluding carboxylic acids is 1. The molecule has 3 rings (SSSR count). The first-order valence-corrected chi connectivity index (χ1v) is 8.98. The molecule has 0 spiro atoms. The molecule has 0 saturated heterocycles. The lowest BCUT2D eigenvalue weighted by Crippen LogP contribution is -2.30. The summed E-state index contributed by atoms with van der Waals surface area (Å²) in [5.41, 5.74) is 0.179. The molecular formula is C21H18F3NO4. The van der Waals surface area contributed by atoms with E-state index in [9.17, 15) is 22.8 Å². The molecular weight excluding hydrogens is 387 g/mol. The van der Waals surface area contributed by atoms with Crippen LogP contribution in [0.3, 0.4) is 0 Å². The minimum atomic E-state index is -1.68. The van der Waals surface area contributed by atoms with E-state index in [1.165, 1.54) is 19.1 Å². The van der Waals surface area contributed by atoms with Crippen molar-refractivity contribution in [2.24, 2.45) is 0 Å². The number of anilines is 1. The average Bonchev–Trinajstić information content (AvgIpc) is 2.68. The molecule has 1 heterocycles. The van der Waals surface area contributed by atoms with Crippen LogP contribution in [0.2, 0.25) is 0 Å². The van der Waals surface area contributed by atoms with Crippen molar-refractivity contribution in [2.75, 3.05) is 5.32 Å². The van der Waals surface area contributed by atoms with Gasteiger partial charge >= 0.3 is 5.63 Å². The maximum atomic E-state index is 13.7. The van der Waals surface area contributed by atoms with Gasteiger partial charge in [-0.2, -0.15) is 0 Å². The number of hydrogen-bond acceptors (Lipinski definition) is 4. The van der Waals surface area contributed by atoms with Crippen LogP contribution in [-0.2, 0) is 11.2 Å². The van der Waals surface area contributed by atoms with Crippen molar-refractivity contribution in [3.8, 4) is 5.75 Å². The van der Waals surface area contributed by atoms with Crippen LogP contribution in [0.1, 0.15) is 25.8 Å². The van der Waals surface area contributed by atoms with Crippen molar-refractivity contribution < 1.29 is 27.1 Å². The summed E-state index contributed by atoms with van der Waals surface area (Å²) in [7, 11) is 0. The van der Waals surface area contributed by atoms with E-state index in [-0.39, 0.29) is 5.75 Å². The quantitative estimate of drug-likeness (QED) is 0.482. The number of aryl methyl sites for hydroxylation is 1. The number of amides is 1. The van der Waals surface area contributed by atoms with E-state index in [4.69, 9.17) is 9.15 Å². The monoisotopic (exact) mass is 405 g/mol. The molecule has 0 saturated carbocycles. The maximum Gasteiger partial charge on any atom is 0.336 e. The highest BCUT2D eigenvalue weighted by molar-refractivity contribution is 5.94. The fraction of sp³-hybridized carbons (Fsp3) is 0.238. The molecule has 3 aromatic rings. The average molecular weight is 405 g/mol. The molecule has 0 bridgehead atoms. The van der Waals surface area contributed by atoms with Crippen molar-refractivity contribution in [1.82, 2.24) is 0 Å². The molecule has 152 valence electrons. The number of benzene rings is 2. The molecule has 0 aliphatic carbocycles. The third kappa shape index (κ3) is 4.42. The first kappa shape index (κ1) is 20.4. The molecule has 29 heavy (non-hydrogen) atoms. The minimum absolute atomic E-state index is 0.253. The molecule has 1 amide bonds. The lowest BCUT2D eigenvalue weighted by Gasteiger charge is -2.15. The van der Waals surface area contributed by atoms with Gasteiger partial charge in [-0.05, 0) is 43.2 Å². The summed E-state index contributed by atoms with van der Waals surface area (Å²) in [6, 6.07) is 7.88. The molecule has 0 radical (unpaired) electrons. The molecule has 0 fully saturated rings. The van der Waals surface area contributed by atoms with E-state index in [0.29, 0.717) is 18.1 Å². The first-order valence-electron chi connectivity index (χ1n) is 8.98. The highest BCUT2D eigenvalue weighted by Crippen LogP contribution is 2.25. The van der Waals surface area contributed by atoms with Crippen LogP contribution >= 0.6 is 0 Å². The number of carbonyl (C=O) groups is 1. The summed E-state index contributed by atoms with van der Waals surface area (Å²) < 4.78 is 50.7. The molecule has 1 aromatic heterocycles. The smallest absolute Gasteiger partial charge is 0.336 e. The lowest BCUT2D eigenvalue weighted by molar-refractivity contribution is -0.122. The lowest BCUT2D eigenvalue weighted by atomic mass is 10.1. The molecule has 2 aromatic carbocycles. The van der Waals surface area contributed by atoms with E-state index < -0.39 is 40.8 Å². The molecule has 1 atom stereocenters. The Morgan fingerprint density at radius 1 is 1.14 bits per heavy atom. The van der Waals surface area contributed by atoms with Gasteiger partial charge in [-0.1, -0.05) is 13.3 Å². The van der Waals surface area contributed by atoms with Gasteiger partial charge in [-0.25, -0.2) is 18.0 Å². The van der Waals surface area contributed by atoms with E-state index in [2.05, 4.69) is 5.32 Å². The predicted octanol–water partition coefficient (Wildman–Crippen LogP) is 4.57. The minimum Gasteiger partial charge on any atom is -0.481 e. The van der Waals surface area contributed by atoms with Crippen LogP contribution in [0.25, 0.3) is 11.0 Å². The zero-order valence-electron chi connectivity index (χ0n) is 15.7. The molecule has 1 N–H and O–H groups in total. The highest BCUT2D eigenvalue weighted by atomic mass is 19.2. The molecule has 5 nitrogen and oxygen atoms in total. The second-order valence-electron chi connectivity index (χ2n) is 6.47. The first-order chi connectivity index (χ1) is 13.8. The van der Waals surface area contributed by atoms with Crippen molar-refractivity contribution >= 4 is 22.6 Å². The fourth-order valence-electron chi connectivity index (χ4n) is 2.87. The van der Waals surface area contributed by atoms with Gasteiger partial charge in [0.25, 0.3) is 5.91 Å². The molecule has 8 heteroatoms. The standard InChI is InChI=1S/C21H18F3NO4/c1-3-4-12-9-18(26)29-17-10-13(5-6-14(12)17)28-11(2)21(27)25-16-8-7-15(22)19(23)20(16)24/h5-11H,3-4H2,1-2H3,(H,25,27)/t11-/m1/s1. The van der Waals surface area contributed by atoms with Crippen molar-refractivity contribution in [3.63, 3.8) is 0 Å². The van der Waals surface area contributed by atoms with Crippen molar-refractivity contribution in [3.05, 3.63) is 69.8 Å². The topological polar surface area (TPSA) is 68.5 Å². The number of nitrogens with one attached hydrogen (secondary N) is 1. The Morgan fingerprint density at radius 3 is 2.62 bits per heavy atom. The van der Waals surface area contributed by atoms with Crippen LogP contribution in [0, 0.1) is 17.5 Å². The molecule has 0 unspecified atom stereocenters. The normalized spacial score (nSPS) is 12.0. The van der Waals surface area contributed by atoms with Crippen LogP contribution < -0.4 is 15.7 Å². The highest BCUT2D eigenvalue weighted by Gasteiger charge is 2.20. The summed E-state index contributed by atoms with van der Waals surface area (Å²) in [6.07, 6.45) is 0.473. The Hall–Kier alpha value is -3.29. The largest absolute Gasteiger partial charge is 0.481 e. The van der Waals surface area contributed by atoms with Crippen molar-refractivity contribution in [2.45, 2.75) is 32.8 Å². The van der Waals surface area contributed by atoms with Crippen LogP contribution in [0.15, 0.2) is 45.6 Å². The van der Waals surface area contributed by atoms with Gasteiger partial charge in [0.1, 0.15) is 11.3 Å². The van der Waals surface area contributed by atoms with Gasteiger partial charge in [0.15, 0.2) is 23.6 Å². The van der Waals surface area contributed by atoms with Gasteiger partial charge in [-0.3, -0.25) is 4.79 Å². The van der Waals surface area contributed by atoms with Gasteiger partial charge in [0, 0.05) is 17.5 Å². The summed E-state index contributed by atoms with van der Waals surface area (Å²) in [6.45, 7) is 3.40. The van der Waals surface area contributed by atoms with Crippen LogP contribution in [0.4, 0.5) is 18.9 Å². The Morgan fingerprint density at radius 2 is 1.90 bits per heavy atom. The summed E-state index contributed by atoms with van der Waals surface area (Å²) in [5.74, 6) is -5.05. The number of hydrogen-bond donors (Lipinski definition) is 1. The number of rotatable bonds is 6. The number of halogens is 3. The third-order valence-electron chi connectivity index (χ3n) is 4.30. The second kappa shape index (κ2) is 8.38. The Balaban J connectivity index is 1.78. The fourth-order valence-corrected chi connectivity index (χ4v) is 2.87. The van der Waals surface area contributed by atoms with E-state index in [0.717, 1.165) is 23.4 Å². The summed E-state index contributed by atoms with van der Waals surface area (Å²) in [5, 5.41) is 2.92. The summed E-state index contributed by atoms with van der Waals surface area (Å²) >= 11 is 0. The van der Waals surface area contributed by atoms with Gasteiger partial charge < -0.3 is 14.5 Å². The Kier molecular flexibility index (Phi) is 5.91. The molecule has 0 aliphatic rings. The SMILES string of the molecule is CCCc1cc(=O)oc2cc(O[C@H](C)C(=O)Nc3ccc(F)c(F)c3F)ccc12. The Bertz CT molecular complexity index is 1130. The van der Waals surface area contributed by atoms with E-state index in [1.807, 2.05) is 6.92 Å². The van der Waals surface area contributed by atoms with Crippen LogP contribution in [0.5, 0.6) is 5.75 Å². The zero-order chi connectivity index (χ0) is 21.1. The second-order valence-corrected chi connectivity index (χ2v) is 6.47. The van der Waals surface area contributed by atoms with Gasteiger partial charge in [-0.15, -0.1) is 0 Å². The number of ether oxygens (including phenoxy) is 1. The van der Waals surface area contributed by atoms with Crippen LogP contribution in [-0.4, -0.2) is 12.0 Å².